The predicted octanol–water partition coefficient (Wildman–Crippen LogP) is 6.04. The van der Waals surface area contributed by atoms with Gasteiger partial charge < -0.3 is 10.2 Å². The highest BCUT2D eigenvalue weighted by Gasteiger charge is 2.34. The van der Waals surface area contributed by atoms with Gasteiger partial charge in [-0.1, -0.05) is 42.0 Å². The molecule has 6 heteroatoms. The summed E-state index contributed by atoms with van der Waals surface area (Å²) in [6, 6.07) is 14.1. The first-order chi connectivity index (χ1) is 16.9. The highest BCUT2D eigenvalue weighted by molar-refractivity contribution is 7.15. The van der Waals surface area contributed by atoms with E-state index in [-0.39, 0.29) is 17.9 Å². The van der Waals surface area contributed by atoms with Crippen molar-refractivity contribution in [1.82, 2.24) is 15.2 Å². The van der Waals surface area contributed by atoms with Gasteiger partial charge in [-0.15, -0.1) is 11.3 Å². The minimum Gasteiger partial charge on any atom is -0.350 e. The van der Waals surface area contributed by atoms with E-state index in [1.807, 2.05) is 43.0 Å². The molecule has 1 saturated carbocycles. The highest BCUT2D eigenvalue weighted by Crippen LogP contribution is 2.45. The van der Waals surface area contributed by atoms with E-state index >= 15 is 0 Å². The van der Waals surface area contributed by atoms with Crippen molar-refractivity contribution < 1.29 is 9.59 Å². The lowest BCUT2D eigenvalue weighted by atomic mass is 10.00. The Morgan fingerprint density at radius 2 is 1.86 bits per heavy atom. The summed E-state index contributed by atoms with van der Waals surface area (Å²) in [7, 11) is 0. The zero-order valence-electron chi connectivity index (χ0n) is 20.8. The van der Waals surface area contributed by atoms with Gasteiger partial charge in [0.1, 0.15) is 5.69 Å². The molecule has 2 heterocycles. The summed E-state index contributed by atoms with van der Waals surface area (Å²) in [4.78, 5) is 34.7. The SMILES string of the molecule is Cc1cccc(-c2sc(C3CC3)nc2C(=O)N2CCCCC2CNC(=O)c2cccc(C)c2C)c1. The number of nitrogens with one attached hydrogen (secondary N) is 1. The Labute approximate surface area is 211 Å². The Bertz CT molecular complexity index is 1260. The van der Waals surface area contributed by atoms with E-state index in [4.69, 9.17) is 4.98 Å². The maximum atomic E-state index is 13.9. The van der Waals surface area contributed by atoms with Crippen molar-refractivity contribution in [1.29, 1.82) is 0 Å². The second-order valence-electron chi connectivity index (χ2n) is 9.98. The molecule has 1 atom stereocenters. The van der Waals surface area contributed by atoms with Crippen LogP contribution in [-0.2, 0) is 0 Å². The number of rotatable bonds is 6. The van der Waals surface area contributed by atoms with Gasteiger partial charge in [0.05, 0.1) is 9.88 Å². The summed E-state index contributed by atoms with van der Waals surface area (Å²) < 4.78 is 0. The largest absolute Gasteiger partial charge is 0.350 e. The fourth-order valence-electron chi connectivity index (χ4n) is 4.89. The molecule has 2 fully saturated rings. The van der Waals surface area contributed by atoms with Crippen molar-refractivity contribution >= 4 is 23.2 Å². The van der Waals surface area contributed by atoms with Gasteiger partial charge in [0.25, 0.3) is 11.8 Å². The normalized spacial score (nSPS) is 17.9. The predicted molar refractivity (Wildman–Crippen MR) is 141 cm³/mol. The summed E-state index contributed by atoms with van der Waals surface area (Å²) in [5.41, 5.74) is 5.62. The second-order valence-corrected chi connectivity index (χ2v) is 11.0. The van der Waals surface area contributed by atoms with E-state index in [1.54, 1.807) is 11.3 Å². The number of nitrogens with zero attached hydrogens (tertiary/aromatic N) is 2. The van der Waals surface area contributed by atoms with Crippen LogP contribution in [-0.4, -0.2) is 40.8 Å². The quantitative estimate of drug-likeness (QED) is 0.461. The molecule has 5 nitrogen and oxygen atoms in total. The summed E-state index contributed by atoms with van der Waals surface area (Å²) in [5, 5.41) is 4.19. The average Bonchev–Trinajstić information content (AvgIpc) is 3.62. The van der Waals surface area contributed by atoms with Crippen LogP contribution in [0.15, 0.2) is 42.5 Å². The molecule has 3 aromatic rings. The number of thiazole rings is 1. The fourth-order valence-corrected chi connectivity index (χ4v) is 6.11. The molecule has 35 heavy (non-hydrogen) atoms. The Morgan fingerprint density at radius 1 is 1.06 bits per heavy atom. The maximum Gasteiger partial charge on any atom is 0.274 e. The zero-order chi connectivity index (χ0) is 24.5. The number of aromatic nitrogens is 1. The number of hydrogen-bond acceptors (Lipinski definition) is 4. The van der Waals surface area contributed by atoms with Crippen molar-refractivity contribution in [2.24, 2.45) is 0 Å². The third-order valence-electron chi connectivity index (χ3n) is 7.29. The molecule has 1 N–H and O–H groups in total. The molecule has 2 aromatic carbocycles. The molecule has 1 aromatic heterocycles. The van der Waals surface area contributed by atoms with Gasteiger partial charge in [-0.05, 0) is 75.6 Å². The van der Waals surface area contributed by atoms with E-state index < -0.39 is 0 Å². The van der Waals surface area contributed by atoms with Gasteiger partial charge >= 0.3 is 0 Å². The van der Waals surface area contributed by atoms with Crippen LogP contribution >= 0.6 is 11.3 Å². The Morgan fingerprint density at radius 3 is 2.63 bits per heavy atom. The first-order valence-corrected chi connectivity index (χ1v) is 13.5. The molecule has 2 aliphatic rings. The number of carbonyl (C=O) groups excluding carboxylic acids is 2. The fraction of sp³-hybridized carbons (Fsp3) is 0.414. The maximum absolute atomic E-state index is 13.9. The monoisotopic (exact) mass is 487 g/mol. The summed E-state index contributed by atoms with van der Waals surface area (Å²) in [5.74, 6) is 0.420. The van der Waals surface area contributed by atoms with Crippen LogP contribution in [0.5, 0.6) is 0 Å². The van der Waals surface area contributed by atoms with Gasteiger partial charge in [0, 0.05) is 30.6 Å². The van der Waals surface area contributed by atoms with Crippen molar-refractivity contribution in [3.05, 3.63) is 75.4 Å². The topological polar surface area (TPSA) is 62.3 Å². The summed E-state index contributed by atoms with van der Waals surface area (Å²) >= 11 is 1.68. The van der Waals surface area contributed by atoms with Gasteiger partial charge in [0.2, 0.25) is 0 Å². The molecule has 0 bridgehead atoms. The second kappa shape index (κ2) is 9.94. The standard InChI is InChI=1S/C29H33N3O2S/c1-18-8-6-10-22(16-18)26-25(31-28(35-26)21-13-14-21)29(34)32-15-5-4-11-23(32)17-30-27(33)24-12-7-9-19(2)20(24)3/h6-10,12,16,21,23H,4-5,11,13-15,17H2,1-3H3,(H,30,33). The molecule has 1 saturated heterocycles. The Balaban J connectivity index is 1.38. The number of carbonyl (C=O) groups is 2. The van der Waals surface area contributed by atoms with E-state index in [1.165, 1.54) is 5.56 Å². The van der Waals surface area contributed by atoms with Crippen molar-refractivity contribution in [3.8, 4) is 10.4 Å². The van der Waals surface area contributed by atoms with E-state index in [0.29, 0.717) is 30.3 Å². The number of benzene rings is 2. The van der Waals surface area contributed by atoms with Crippen LogP contribution in [0.2, 0.25) is 0 Å². The molecular formula is C29H33N3O2S. The van der Waals surface area contributed by atoms with E-state index in [2.05, 4.69) is 30.4 Å². The molecule has 182 valence electrons. The highest BCUT2D eigenvalue weighted by atomic mass is 32.1. The minimum absolute atomic E-state index is 0.00431. The van der Waals surface area contributed by atoms with Crippen molar-refractivity contribution in [2.45, 2.75) is 64.8 Å². The molecule has 1 aliphatic heterocycles. The van der Waals surface area contributed by atoms with Crippen LogP contribution in [0, 0.1) is 20.8 Å². The lowest BCUT2D eigenvalue weighted by molar-refractivity contribution is 0.0598. The molecule has 0 radical (unpaired) electrons. The molecule has 1 unspecified atom stereocenters. The van der Waals surface area contributed by atoms with Crippen LogP contribution < -0.4 is 5.32 Å². The third kappa shape index (κ3) is 5.03. The lowest BCUT2D eigenvalue weighted by Gasteiger charge is -2.35. The number of aryl methyl sites for hydroxylation is 2. The van der Waals surface area contributed by atoms with E-state index in [9.17, 15) is 9.59 Å². The Hall–Kier alpha value is -2.99. The van der Waals surface area contributed by atoms with Crippen LogP contribution in [0.4, 0.5) is 0 Å². The molecule has 5 rings (SSSR count). The van der Waals surface area contributed by atoms with Crippen LogP contribution in [0.1, 0.15) is 80.6 Å². The third-order valence-corrected chi connectivity index (χ3v) is 8.56. The average molecular weight is 488 g/mol. The molecular weight excluding hydrogens is 454 g/mol. The minimum atomic E-state index is -0.0747. The Kier molecular flexibility index (Phi) is 6.74. The van der Waals surface area contributed by atoms with Gasteiger partial charge in [-0.25, -0.2) is 4.98 Å². The number of hydrogen-bond donors (Lipinski definition) is 1. The lowest BCUT2D eigenvalue weighted by Crippen LogP contribution is -2.49. The summed E-state index contributed by atoms with van der Waals surface area (Å²) in [6.07, 6.45) is 5.24. The van der Waals surface area contributed by atoms with Crippen LogP contribution in [0.3, 0.4) is 0 Å². The smallest absolute Gasteiger partial charge is 0.274 e. The first kappa shape index (κ1) is 23.7. The number of piperidine rings is 1. The molecule has 0 spiro atoms. The number of likely N-dealkylation sites (tertiary alicyclic amines) is 1. The van der Waals surface area contributed by atoms with Gasteiger partial charge in [0.15, 0.2) is 0 Å². The molecule has 1 aliphatic carbocycles. The summed E-state index contributed by atoms with van der Waals surface area (Å²) in [6.45, 7) is 7.23. The van der Waals surface area contributed by atoms with Gasteiger partial charge in [-0.3, -0.25) is 9.59 Å². The number of amides is 2. The van der Waals surface area contributed by atoms with E-state index in [0.717, 1.165) is 58.7 Å². The van der Waals surface area contributed by atoms with Crippen molar-refractivity contribution in [2.75, 3.05) is 13.1 Å². The van der Waals surface area contributed by atoms with Crippen LogP contribution in [0.25, 0.3) is 10.4 Å². The molecule has 2 amide bonds. The van der Waals surface area contributed by atoms with Crippen molar-refractivity contribution in [3.63, 3.8) is 0 Å². The van der Waals surface area contributed by atoms with Gasteiger partial charge in [-0.2, -0.15) is 0 Å². The first-order valence-electron chi connectivity index (χ1n) is 12.7. The zero-order valence-corrected chi connectivity index (χ0v) is 21.6.